The Labute approximate surface area is 594 Å². The molecular formula is C78H152O17P2. The molecule has 0 aromatic heterocycles. The van der Waals surface area contributed by atoms with Crippen molar-refractivity contribution in [1.29, 1.82) is 0 Å². The van der Waals surface area contributed by atoms with E-state index >= 15 is 0 Å². The van der Waals surface area contributed by atoms with E-state index in [0.717, 1.165) is 114 Å². The number of hydrogen-bond donors (Lipinski definition) is 3. The van der Waals surface area contributed by atoms with E-state index in [-0.39, 0.29) is 25.7 Å². The molecule has 4 unspecified atom stereocenters. The quantitative estimate of drug-likeness (QED) is 0.0222. The number of hydrogen-bond acceptors (Lipinski definition) is 15. The number of rotatable bonds is 75. The minimum Gasteiger partial charge on any atom is -0.462 e. The maximum atomic E-state index is 13.1. The predicted octanol–water partition coefficient (Wildman–Crippen LogP) is 22.8. The summed E-state index contributed by atoms with van der Waals surface area (Å²) in [7, 11) is -9.91. The highest BCUT2D eigenvalue weighted by Gasteiger charge is 2.30. The third-order valence-corrected chi connectivity index (χ3v) is 20.7. The maximum absolute atomic E-state index is 13.1. The van der Waals surface area contributed by atoms with E-state index < -0.39 is 97.5 Å². The lowest BCUT2D eigenvalue weighted by atomic mass is 9.99. The van der Waals surface area contributed by atoms with Crippen LogP contribution in [-0.2, 0) is 65.4 Å². The molecule has 0 bridgehead atoms. The van der Waals surface area contributed by atoms with Crippen molar-refractivity contribution in [2.45, 2.75) is 414 Å². The summed E-state index contributed by atoms with van der Waals surface area (Å²) < 4.78 is 68.5. The van der Waals surface area contributed by atoms with Crippen LogP contribution >= 0.6 is 15.6 Å². The van der Waals surface area contributed by atoms with Crippen LogP contribution in [0, 0.1) is 23.7 Å². The van der Waals surface area contributed by atoms with Gasteiger partial charge in [0.25, 0.3) is 0 Å². The van der Waals surface area contributed by atoms with Gasteiger partial charge >= 0.3 is 39.5 Å². The van der Waals surface area contributed by atoms with Crippen molar-refractivity contribution in [3.05, 3.63) is 0 Å². The van der Waals surface area contributed by atoms with Crippen LogP contribution in [0.4, 0.5) is 0 Å². The van der Waals surface area contributed by atoms with Crippen LogP contribution in [0.25, 0.3) is 0 Å². The van der Waals surface area contributed by atoms with Crippen LogP contribution in [0.2, 0.25) is 0 Å². The highest BCUT2D eigenvalue weighted by molar-refractivity contribution is 7.47. The van der Waals surface area contributed by atoms with Crippen molar-refractivity contribution in [2.24, 2.45) is 23.7 Å². The van der Waals surface area contributed by atoms with Gasteiger partial charge in [-0.2, -0.15) is 0 Å². The van der Waals surface area contributed by atoms with Gasteiger partial charge < -0.3 is 33.8 Å². The van der Waals surface area contributed by atoms with Gasteiger partial charge in [-0.3, -0.25) is 37.3 Å². The molecule has 0 fully saturated rings. The SMILES string of the molecule is CCC(C)CCCCCCCCCCCCCCCCCCCCC(=O)O[C@H](COC(=O)CCCCCCCCC(C)C)COP(=O)(O)OC[C@H](O)COP(=O)(O)OC[C@@H](COC(=O)CCCCCCCCCCCCCC(C)C)OC(=O)CCCCCCCCCCC(C)CC. The van der Waals surface area contributed by atoms with Crippen molar-refractivity contribution in [3.63, 3.8) is 0 Å². The first-order chi connectivity index (χ1) is 46.7. The summed E-state index contributed by atoms with van der Waals surface area (Å²) in [5.74, 6) is 0.968. The van der Waals surface area contributed by atoms with Crippen LogP contribution in [0.5, 0.6) is 0 Å². The molecule has 0 spiro atoms. The van der Waals surface area contributed by atoms with Crippen LogP contribution in [0.1, 0.15) is 396 Å². The Bertz CT molecular complexity index is 1910. The fourth-order valence-electron chi connectivity index (χ4n) is 11.8. The second kappa shape index (κ2) is 67.2. The molecule has 0 aliphatic rings. The molecule has 0 radical (unpaired) electrons. The molecule has 0 aliphatic carbocycles. The molecule has 0 aliphatic heterocycles. The lowest BCUT2D eigenvalue weighted by Crippen LogP contribution is -2.30. The Morgan fingerprint density at radius 1 is 0.289 bits per heavy atom. The first-order valence-electron chi connectivity index (χ1n) is 40.3. The molecule has 0 rings (SSSR count). The molecule has 0 aromatic rings. The lowest BCUT2D eigenvalue weighted by molar-refractivity contribution is -0.161. The van der Waals surface area contributed by atoms with E-state index in [9.17, 15) is 43.2 Å². The highest BCUT2D eigenvalue weighted by atomic mass is 31.2. The zero-order chi connectivity index (χ0) is 71.7. The van der Waals surface area contributed by atoms with Gasteiger partial charge in [0.15, 0.2) is 12.2 Å². The Hall–Kier alpha value is -1.94. The number of carbonyl (C=O) groups is 4. The van der Waals surface area contributed by atoms with E-state index in [1.165, 1.54) is 193 Å². The molecule has 576 valence electrons. The molecule has 0 amide bonds. The van der Waals surface area contributed by atoms with Crippen molar-refractivity contribution < 1.29 is 80.2 Å². The Kier molecular flexibility index (Phi) is 65.9. The molecule has 7 atom stereocenters. The van der Waals surface area contributed by atoms with Crippen LogP contribution in [-0.4, -0.2) is 96.7 Å². The molecule has 0 saturated carbocycles. The van der Waals surface area contributed by atoms with E-state index in [0.29, 0.717) is 31.6 Å². The third kappa shape index (κ3) is 69.5. The third-order valence-electron chi connectivity index (χ3n) is 18.8. The second-order valence-corrected chi connectivity index (χ2v) is 32.4. The summed E-state index contributed by atoms with van der Waals surface area (Å²) in [6.45, 7) is 14.2. The fraction of sp³-hybridized carbons (Fsp3) is 0.949. The first-order valence-corrected chi connectivity index (χ1v) is 43.3. The van der Waals surface area contributed by atoms with Crippen LogP contribution in [0.15, 0.2) is 0 Å². The smallest absolute Gasteiger partial charge is 0.462 e. The number of carbonyl (C=O) groups excluding carboxylic acids is 4. The van der Waals surface area contributed by atoms with Crippen molar-refractivity contribution >= 4 is 39.5 Å². The van der Waals surface area contributed by atoms with E-state index in [4.69, 9.17) is 37.0 Å². The van der Waals surface area contributed by atoms with Gasteiger partial charge in [0, 0.05) is 25.7 Å². The summed E-state index contributed by atoms with van der Waals surface area (Å²) in [4.78, 5) is 72.8. The summed E-state index contributed by atoms with van der Waals surface area (Å²) in [5, 5.41) is 10.6. The monoisotopic (exact) mass is 1420 g/mol. The van der Waals surface area contributed by atoms with Gasteiger partial charge in [0.1, 0.15) is 19.3 Å². The number of aliphatic hydroxyl groups is 1. The average Bonchev–Trinajstić information content (AvgIpc) is 2.44. The predicted molar refractivity (Wildman–Crippen MR) is 395 cm³/mol. The summed E-state index contributed by atoms with van der Waals surface area (Å²) >= 11 is 0. The van der Waals surface area contributed by atoms with Crippen molar-refractivity contribution in [3.8, 4) is 0 Å². The summed E-state index contributed by atoms with van der Waals surface area (Å²) in [6, 6.07) is 0. The number of unbranched alkanes of at least 4 members (excludes halogenated alkanes) is 39. The summed E-state index contributed by atoms with van der Waals surface area (Å²) in [6.07, 6.45) is 52.9. The van der Waals surface area contributed by atoms with Crippen molar-refractivity contribution in [2.75, 3.05) is 39.6 Å². The van der Waals surface area contributed by atoms with E-state index in [1.54, 1.807) is 0 Å². The first kappa shape index (κ1) is 95.1. The Morgan fingerprint density at radius 3 is 0.732 bits per heavy atom. The standard InChI is InChI=1S/C78H152O17P2/c1-9-70(7)56-48-40-31-25-21-17-15-13-11-12-14-16-18-22-27-34-44-52-60-77(82)94-74(65-89-76(81)59-51-43-37-36-39-47-55-69(5)6)67-93-97(86,87)91-63-72(79)62-90-96(84,85)92-66-73(95-78(83)61-53-45-35-29-28-32-41-49-57-71(8)10-2)64-88-75(80)58-50-42-33-26-23-19-20-24-30-38-46-54-68(3)4/h68-74,79H,9-67H2,1-8H3,(H,84,85)(H,86,87)/t70?,71?,72-,73-,74-/m1/s1. The van der Waals surface area contributed by atoms with Gasteiger partial charge in [-0.05, 0) is 49.4 Å². The minimum absolute atomic E-state index is 0.104. The van der Waals surface area contributed by atoms with E-state index in [2.05, 4.69) is 55.4 Å². The van der Waals surface area contributed by atoms with Gasteiger partial charge in [-0.15, -0.1) is 0 Å². The molecule has 3 N–H and O–H groups in total. The van der Waals surface area contributed by atoms with Crippen LogP contribution in [0.3, 0.4) is 0 Å². The van der Waals surface area contributed by atoms with Crippen molar-refractivity contribution in [1.82, 2.24) is 0 Å². The Balaban J connectivity index is 5.16. The zero-order valence-corrected chi connectivity index (χ0v) is 65.5. The molecule has 0 saturated heterocycles. The Morgan fingerprint density at radius 2 is 0.495 bits per heavy atom. The molecule has 97 heavy (non-hydrogen) atoms. The second-order valence-electron chi connectivity index (χ2n) is 29.5. The molecule has 0 aromatic carbocycles. The maximum Gasteiger partial charge on any atom is 0.472 e. The normalized spacial score (nSPS) is 14.6. The fourth-order valence-corrected chi connectivity index (χ4v) is 13.4. The number of phosphoric acid groups is 2. The number of aliphatic hydroxyl groups excluding tert-OH is 1. The van der Waals surface area contributed by atoms with Gasteiger partial charge in [-0.1, -0.05) is 344 Å². The number of phosphoric ester groups is 2. The summed E-state index contributed by atoms with van der Waals surface area (Å²) in [5.41, 5.74) is 0. The van der Waals surface area contributed by atoms with E-state index in [1.807, 2.05) is 0 Å². The number of esters is 4. The molecule has 19 heteroatoms. The average molecular weight is 1420 g/mol. The molecule has 17 nitrogen and oxygen atoms in total. The molecule has 0 heterocycles. The topological polar surface area (TPSA) is 237 Å². The van der Waals surface area contributed by atoms with Gasteiger partial charge in [-0.25, -0.2) is 9.13 Å². The van der Waals surface area contributed by atoms with Gasteiger partial charge in [0.05, 0.1) is 26.4 Å². The largest absolute Gasteiger partial charge is 0.472 e. The van der Waals surface area contributed by atoms with Gasteiger partial charge in [0.2, 0.25) is 0 Å². The lowest BCUT2D eigenvalue weighted by Gasteiger charge is -2.21. The highest BCUT2D eigenvalue weighted by Crippen LogP contribution is 2.45. The molecular weight excluding hydrogens is 1270 g/mol. The zero-order valence-electron chi connectivity index (χ0n) is 63.7. The number of ether oxygens (including phenoxy) is 4. The minimum atomic E-state index is -4.96. The van der Waals surface area contributed by atoms with Crippen LogP contribution < -0.4 is 0 Å².